The highest BCUT2D eigenvalue weighted by Crippen LogP contribution is 2.42. The first-order valence-corrected chi connectivity index (χ1v) is 4.11. The summed E-state index contributed by atoms with van der Waals surface area (Å²) in [6.45, 7) is 3.67. The second kappa shape index (κ2) is 3.24. The summed E-state index contributed by atoms with van der Waals surface area (Å²) in [4.78, 5) is 0. The van der Waals surface area contributed by atoms with Gasteiger partial charge in [-0.25, -0.2) is 0 Å². The van der Waals surface area contributed by atoms with Gasteiger partial charge in [0.25, 0.3) is 0 Å². The van der Waals surface area contributed by atoms with Crippen LogP contribution in [0.4, 0.5) is 13.2 Å². The summed E-state index contributed by atoms with van der Waals surface area (Å²) in [5.41, 5.74) is 0. The van der Waals surface area contributed by atoms with Gasteiger partial charge < -0.3 is 4.74 Å². The van der Waals surface area contributed by atoms with E-state index in [1.54, 1.807) is 0 Å². The standard InChI is InChI=1S/C8H13F3O/c1-5(2)12-7-3-6(4-7)8(9,10)11/h5-7H,3-4H2,1-2H3. The molecule has 0 bridgehead atoms. The molecule has 1 saturated carbocycles. The summed E-state index contributed by atoms with van der Waals surface area (Å²) in [7, 11) is 0. The van der Waals surface area contributed by atoms with E-state index >= 15 is 0 Å². The van der Waals surface area contributed by atoms with Gasteiger partial charge in [-0.05, 0) is 26.7 Å². The number of halogens is 3. The molecule has 0 aliphatic heterocycles. The van der Waals surface area contributed by atoms with E-state index < -0.39 is 12.1 Å². The van der Waals surface area contributed by atoms with E-state index in [4.69, 9.17) is 4.74 Å². The maximum Gasteiger partial charge on any atom is 0.392 e. The van der Waals surface area contributed by atoms with E-state index in [1.807, 2.05) is 13.8 Å². The zero-order chi connectivity index (χ0) is 9.35. The fourth-order valence-electron chi connectivity index (χ4n) is 1.33. The molecule has 0 saturated heterocycles. The Labute approximate surface area is 69.9 Å². The quantitative estimate of drug-likeness (QED) is 0.638. The summed E-state index contributed by atoms with van der Waals surface area (Å²) in [6.07, 6.45) is -3.87. The predicted octanol–water partition coefficient (Wildman–Crippen LogP) is 2.75. The Balaban J connectivity index is 2.20. The van der Waals surface area contributed by atoms with Gasteiger partial charge in [0.2, 0.25) is 0 Å². The fraction of sp³-hybridized carbons (Fsp3) is 1.00. The average molecular weight is 182 g/mol. The minimum Gasteiger partial charge on any atom is -0.376 e. The highest BCUT2D eigenvalue weighted by molar-refractivity contribution is 4.85. The van der Waals surface area contributed by atoms with Gasteiger partial charge in [-0.15, -0.1) is 0 Å². The third kappa shape index (κ3) is 2.37. The second-order valence-corrected chi connectivity index (χ2v) is 3.52. The molecule has 1 aliphatic carbocycles. The predicted molar refractivity (Wildman–Crippen MR) is 38.8 cm³/mol. The third-order valence-electron chi connectivity index (χ3n) is 2.02. The van der Waals surface area contributed by atoms with Crippen molar-refractivity contribution in [3.8, 4) is 0 Å². The number of ether oxygens (including phenoxy) is 1. The molecule has 0 heterocycles. The molecular formula is C8H13F3O. The van der Waals surface area contributed by atoms with E-state index in [2.05, 4.69) is 0 Å². The third-order valence-corrected chi connectivity index (χ3v) is 2.02. The lowest BCUT2D eigenvalue weighted by atomic mass is 9.82. The molecule has 0 N–H and O–H groups in total. The van der Waals surface area contributed by atoms with Crippen LogP contribution in [0.2, 0.25) is 0 Å². The van der Waals surface area contributed by atoms with E-state index in [-0.39, 0.29) is 25.0 Å². The van der Waals surface area contributed by atoms with Crippen LogP contribution in [-0.4, -0.2) is 18.4 Å². The number of rotatable bonds is 2. The van der Waals surface area contributed by atoms with Crippen LogP contribution in [0.3, 0.4) is 0 Å². The van der Waals surface area contributed by atoms with E-state index in [1.165, 1.54) is 0 Å². The molecule has 1 aliphatic rings. The van der Waals surface area contributed by atoms with E-state index in [9.17, 15) is 13.2 Å². The molecule has 0 unspecified atom stereocenters. The Bertz CT molecular complexity index is 147. The second-order valence-electron chi connectivity index (χ2n) is 3.52. The van der Waals surface area contributed by atoms with Crippen molar-refractivity contribution in [3.05, 3.63) is 0 Å². The molecule has 0 amide bonds. The molecule has 4 heteroatoms. The van der Waals surface area contributed by atoms with Crippen LogP contribution in [0, 0.1) is 5.92 Å². The van der Waals surface area contributed by atoms with Crippen LogP contribution >= 0.6 is 0 Å². The monoisotopic (exact) mass is 182 g/mol. The van der Waals surface area contributed by atoms with E-state index in [0.717, 1.165) is 0 Å². The Morgan fingerprint density at radius 2 is 1.75 bits per heavy atom. The molecule has 0 spiro atoms. The van der Waals surface area contributed by atoms with Crippen LogP contribution < -0.4 is 0 Å². The van der Waals surface area contributed by atoms with Crippen molar-refractivity contribution in [3.63, 3.8) is 0 Å². The summed E-state index contributed by atoms with van der Waals surface area (Å²) in [5, 5.41) is 0. The smallest absolute Gasteiger partial charge is 0.376 e. The summed E-state index contributed by atoms with van der Waals surface area (Å²) >= 11 is 0. The fourth-order valence-corrected chi connectivity index (χ4v) is 1.33. The molecule has 12 heavy (non-hydrogen) atoms. The van der Waals surface area contributed by atoms with Crippen LogP contribution in [0.1, 0.15) is 26.7 Å². The molecule has 0 aromatic carbocycles. The van der Waals surface area contributed by atoms with Crippen molar-refractivity contribution in [2.45, 2.75) is 45.1 Å². The lowest BCUT2D eigenvalue weighted by molar-refractivity contribution is -0.224. The first-order chi connectivity index (χ1) is 5.39. The zero-order valence-corrected chi connectivity index (χ0v) is 7.19. The van der Waals surface area contributed by atoms with Gasteiger partial charge in [-0.2, -0.15) is 13.2 Å². The first kappa shape index (κ1) is 9.84. The zero-order valence-electron chi connectivity index (χ0n) is 7.19. The molecule has 0 atom stereocenters. The molecule has 0 radical (unpaired) electrons. The lowest BCUT2D eigenvalue weighted by Crippen LogP contribution is -2.41. The molecular weight excluding hydrogens is 169 g/mol. The highest BCUT2D eigenvalue weighted by atomic mass is 19.4. The molecule has 72 valence electrons. The van der Waals surface area contributed by atoms with Crippen LogP contribution in [-0.2, 0) is 4.74 Å². The summed E-state index contributed by atoms with van der Waals surface area (Å²) in [5.74, 6) is -1.12. The Kier molecular flexibility index (Phi) is 2.66. The summed E-state index contributed by atoms with van der Waals surface area (Å²) in [6, 6.07) is 0. The van der Waals surface area contributed by atoms with Gasteiger partial charge >= 0.3 is 6.18 Å². The van der Waals surface area contributed by atoms with Gasteiger partial charge in [0.15, 0.2) is 0 Å². The molecule has 1 fully saturated rings. The number of hydrogen-bond donors (Lipinski definition) is 0. The van der Waals surface area contributed by atoms with Crippen molar-refractivity contribution >= 4 is 0 Å². The van der Waals surface area contributed by atoms with Gasteiger partial charge in [-0.3, -0.25) is 0 Å². The minimum absolute atomic E-state index is 0.0317. The average Bonchev–Trinajstić information content (AvgIpc) is 1.73. The normalized spacial score (nSPS) is 30.5. The topological polar surface area (TPSA) is 9.23 Å². The van der Waals surface area contributed by atoms with Crippen molar-refractivity contribution in [2.24, 2.45) is 5.92 Å². The highest BCUT2D eigenvalue weighted by Gasteiger charge is 2.48. The first-order valence-electron chi connectivity index (χ1n) is 4.11. The molecule has 0 aromatic rings. The van der Waals surface area contributed by atoms with Crippen molar-refractivity contribution < 1.29 is 17.9 Å². The van der Waals surface area contributed by atoms with Crippen molar-refractivity contribution in [1.82, 2.24) is 0 Å². The van der Waals surface area contributed by atoms with Crippen molar-refractivity contribution in [2.75, 3.05) is 0 Å². The Hall–Kier alpha value is -0.250. The minimum atomic E-state index is -4.02. The Morgan fingerprint density at radius 1 is 1.25 bits per heavy atom. The number of hydrogen-bond acceptors (Lipinski definition) is 1. The lowest BCUT2D eigenvalue weighted by Gasteiger charge is -2.37. The maximum atomic E-state index is 12.0. The van der Waals surface area contributed by atoms with Crippen molar-refractivity contribution in [1.29, 1.82) is 0 Å². The van der Waals surface area contributed by atoms with Gasteiger partial charge in [0.05, 0.1) is 18.1 Å². The Morgan fingerprint density at radius 3 is 2.08 bits per heavy atom. The summed E-state index contributed by atoms with van der Waals surface area (Å²) < 4.78 is 41.1. The molecule has 1 rings (SSSR count). The van der Waals surface area contributed by atoms with Crippen LogP contribution in [0.15, 0.2) is 0 Å². The molecule has 0 aromatic heterocycles. The largest absolute Gasteiger partial charge is 0.392 e. The maximum absolute atomic E-state index is 12.0. The van der Waals surface area contributed by atoms with E-state index in [0.29, 0.717) is 0 Å². The van der Waals surface area contributed by atoms with Crippen LogP contribution in [0.25, 0.3) is 0 Å². The van der Waals surface area contributed by atoms with Gasteiger partial charge in [0.1, 0.15) is 0 Å². The molecule has 1 nitrogen and oxygen atoms in total. The SMILES string of the molecule is CC(C)OC1CC(C(F)(F)F)C1. The van der Waals surface area contributed by atoms with Gasteiger partial charge in [0, 0.05) is 0 Å². The van der Waals surface area contributed by atoms with Gasteiger partial charge in [-0.1, -0.05) is 0 Å². The van der Waals surface area contributed by atoms with Crippen LogP contribution in [0.5, 0.6) is 0 Å². The number of alkyl halides is 3.